The van der Waals surface area contributed by atoms with E-state index in [1.54, 1.807) is 17.4 Å². The van der Waals surface area contributed by atoms with E-state index in [0.29, 0.717) is 6.54 Å². The van der Waals surface area contributed by atoms with Crippen molar-refractivity contribution >= 4 is 23.3 Å². The molecule has 0 aliphatic heterocycles. The molecule has 0 aliphatic rings. The lowest BCUT2D eigenvalue weighted by Crippen LogP contribution is -2.34. The van der Waals surface area contributed by atoms with Crippen LogP contribution in [0.3, 0.4) is 0 Å². The van der Waals surface area contributed by atoms with Crippen molar-refractivity contribution in [2.45, 2.75) is 27.7 Å². The first-order valence-electron chi connectivity index (χ1n) is 10.4. The quantitative estimate of drug-likeness (QED) is 0.431. The van der Waals surface area contributed by atoms with Gasteiger partial charge in [0.25, 0.3) is 0 Å². The summed E-state index contributed by atoms with van der Waals surface area (Å²) in [5.74, 6) is 6.21. The van der Waals surface area contributed by atoms with Crippen molar-refractivity contribution in [2.75, 3.05) is 26.2 Å². The van der Waals surface area contributed by atoms with Crippen LogP contribution in [0.5, 0.6) is 0 Å². The number of benzene rings is 1. The third kappa shape index (κ3) is 9.26. The molecule has 2 aromatic rings. The van der Waals surface area contributed by atoms with Crippen LogP contribution < -0.4 is 5.32 Å². The summed E-state index contributed by atoms with van der Waals surface area (Å²) in [6, 6.07) is 10.3. The van der Waals surface area contributed by atoms with Gasteiger partial charge in [-0.1, -0.05) is 43.0 Å². The Balaban J connectivity index is 1.76. The van der Waals surface area contributed by atoms with Gasteiger partial charge in [0.1, 0.15) is 0 Å². The molecule has 0 fully saturated rings. The number of carbonyl (C=O) groups is 1. The number of amides is 1. The lowest BCUT2D eigenvalue weighted by Gasteiger charge is -2.18. The Bertz CT molecular complexity index is 908. The summed E-state index contributed by atoms with van der Waals surface area (Å²) >= 11 is 1.68. The summed E-state index contributed by atoms with van der Waals surface area (Å²) in [5, 5.41) is 7.16. The van der Waals surface area contributed by atoms with Crippen LogP contribution in [-0.2, 0) is 4.79 Å². The predicted molar refractivity (Wildman–Crippen MR) is 130 cm³/mol. The van der Waals surface area contributed by atoms with Crippen molar-refractivity contribution in [1.82, 2.24) is 10.2 Å². The second-order valence-corrected chi connectivity index (χ2v) is 8.86. The molecular weight excluding hydrogens is 388 g/mol. The van der Waals surface area contributed by atoms with Crippen LogP contribution in [0.4, 0.5) is 0 Å². The van der Waals surface area contributed by atoms with Gasteiger partial charge in [0.05, 0.1) is 0 Å². The maximum absolute atomic E-state index is 12.1. The van der Waals surface area contributed by atoms with Crippen molar-refractivity contribution in [3.8, 4) is 23.0 Å². The minimum absolute atomic E-state index is 0.0256. The first kappa shape index (κ1) is 23.7. The molecule has 0 saturated heterocycles. The maximum Gasteiger partial charge on any atom is 0.244 e. The van der Waals surface area contributed by atoms with Gasteiger partial charge in [-0.25, -0.2) is 0 Å². The SMILES string of the molecule is CCN(C/C=C/C#CC(C)(C)C)CCNC(=O)/C=C/c1cccc(-c2ccsc2)c1. The fourth-order valence-corrected chi connectivity index (χ4v) is 3.38. The number of carbonyl (C=O) groups excluding carboxylic acids is 1. The molecule has 0 aliphatic carbocycles. The molecule has 158 valence electrons. The number of hydrogen-bond acceptors (Lipinski definition) is 3. The minimum atomic E-state index is -0.0708. The molecule has 1 heterocycles. The van der Waals surface area contributed by atoms with E-state index in [2.05, 4.69) is 84.8 Å². The average molecular weight is 421 g/mol. The fourth-order valence-electron chi connectivity index (χ4n) is 2.72. The Hall–Kier alpha value is -2.61. The van der Waals surface area contributed by atoms with E-state index in [4.69, 9.17) is 0 Å². The van der Waals surface area contributed by atoms with E-state index in [9.17, 15) is 4.79 Å². The monoisotopic (exact) mass is 420 g/mol. The van der Waals surface area contributed by atoms with Crippen LogP contribution in [0.2, 0.25) is 0 Å². The Morgan fingerprint density at radius 3 is 2.77 bits per heavy atom. The van der Waals surface area contributed by atoms with Crippen LogP contribution in [0, 0.1) is 17.3 Å². The zero-order valence-corrected chi connectivity index (χ0v) is 19.3. The largest absolute Gasteiger partial charge is 0.351 e. The normalized spacial score (nSPS) is 11.8. The van der Waals surface area contributed by atoms with Gasteiger partial charge in [-0.2, -0.15) is 11.3 Å². The molecule has 1 aromatic heterocycles. The summed E-state index contributed by atoms with van der Waals surface area (Å²) in [6.07, 6.45) is 7.45. The Morgan fingerprint density at radius 1 is 1.23 bits per heavy atom. The second-order valence-electron chi connectivity index (χ2n) is 8.08. The Labute approximate surface area is 185 Å². The topological polar surface area (TPSA) is 32.3 Å². The molecule has 4 heteroatoms. The molecule has 1 aromatic carbocycles. The van der Waals surface area contributed by atoms with Crippen LogP contribution in [0.1, 0.15) is 33.3 Å². The van der Waals surface area contributed by atoms with Gasteiger partial charge in [-0.05, 0) is 79.1 Å². The summed E-state index contributed by atoms with van der Waals surface area (Å²) in [6.45, 7) is 11.6. The highest BCUT2D eigenvalue weighted by atomic mass is 32.1. The number of likely N-dealkylation sites (N-methyl/N-ethyl adjacent to an activating group) is 1. The lowest BCUT2D eigenvalue weighted by atomic mass is 9.98. The van der Waals surface area contributed by atoms with Crippen LogP contribution in [-0.4, -0.2) is 37.0 Å². The van der Waals surface area contributed by atoms with E-state index >= 15 is 0 Å². The van der Waals surface area contributed by atoms with Gasteiger partial charge >= 0.3 is 0 Å². The average Bonchev–Trinajstić information content (AvgIpc) is 3.25. The molecule has 0 atom stereocenters. The van der Waals surface area contributed by atoms with Gasteiger partial charge in [0, 0.05) is 31.1 Å². The van der Waals surface area contributed by atoms with E-state index < -0.39 is 0 Å². The Morgan fingerprint density at radius 2 is 2.07 bits per heavy atom. The van der Waals surface area contributed by atoms with Crippen molar-refractivity contribution in [3.63, 3.8) is 0 Å². The molecule has 3 nitrogen and oxygen atoms in total. The lowest BCUT2D eigenvalue weighted by molar-refractivity contribution is -0.116. The van der Waals surface area contributed by atoms with Crippen molar-refractivity contribution in [1.29, 1.82) is 0 Å². The number of thiophene rings is 1. The number of hydrogen-bond donors (Lipinski definition) is 1. The Kier molecular flexibility index (Phi) is 9.60. The fraction of sp³-hybridized carbons (Fsp3) is 0.346. The van der Waals surface area contributed by atoms with E-state index in [1.165, 1.54) is 5.56 Å². The molecule has 0 radical (unpaired) electrons. The molecule has 0 unspecified atom stereocenters. The van der Waals surface area contributed by atoms with Crippen LogP contribution in [0.25, 0.3) is 17.2 Å². The zero-order chi connectivity index (χ0) is 21.8. The van der Waals surface area contributed by atoms with Gasteiger partial charge in [-0.15, -0.1) is 0 Å². The molecule has 1 amide bonds. The third-order valence-electron chi connectivity index (χ3n) is 4.35. The first-order chi connectivity index (χ1) is 14.4. The summed E-state index contributed by atoms with van der Waals surface area (Å²) < 4.78 is 0. The molecular formula is C26H32N2OS. The second kappa shape index (κ2) is 12.2. The van der Waals surface area contributed by atoms with Gasteiger partial charge < -0.3 is 5.32 Å². The highest BCUT2D eigenvalue weighted by molar-refractivity contribution is 7.08. The molecule has 1 N–H and O–H groups in total. The summed E-state index contributed by atoms with van der Waals surface area (Å²) in [7, 11) is 0. The molecule has 2 rings (SSSR count). The van der Waals surface area contributed by atoms with E-state index in [1.807, 2.05) is 24.3 Å². The van der Waals surface area contributed by atoms with Crippen molar-refractivity contribution in [2.24, 2.45) is 5.41 Å². The third-order valence-corrected chi connectivity index (χ3v) is 5.04. The molecule has 0 bridgehead atoms. The van der Waals surface area contributed by atoms with E-state index in [0.717, 1.165) is 30.8 Å². The van der Waals surface area contributed by atoms with Gasteiger partial charge in [0.15, 0.2) is 0 Å². The van der Waals surface area contributed by atoms with E-state index in [-0.39, 0.29) is 11.3 Å². The molecule has 0 saturated carbocycles. The van der Waals surface area contributed by atoms with Crippen LogP contribution in [0.15, 0.2) is 59.3 Å². The summed E-state index contributed by atoms with van der Waals surface area (Å²) in [4.78, 5) is 14.4. The van der Waals surface area contributed by atoms with Crippen molar-refractivity contribution in [3.05, 3.63) is 64.9 Å². The highest BCUT2D eigenvalue weighted by Crippen LogP contribution is 2.23. The zero-order valence-electron chi connectivity index (χ0n) is 18.4. The number of nitrogens with one attached hydrogen (secondary N) is 1. The number of rotatable bonds is 9. The smallest absolute Gasteiger partial charge is 0.244 e. The minimum Gasteiger partial charge on any atom is -0.351 e. The molecule has 30 heavy (non-hydrogen) atoms. The van der Waals surface area contributed by atoms with Crippen molar-refractivity contribution < 1.29 is 4.79 Å². The molecule has 0 spiro atoms. The van der Waals surface area contributed by atoms with Gasteiger partial charge in [-0.3, -0.25) is 9.69 Å². The highest BCUT2D eigenvalue weighted by Gasteiger charge is 2.03. The van der Waals surface area contributed by atoms with Gasteiger partial charge in [0.2, 0.25) is 5.91 Å². The summed E-state index contributed by atoms with van der Waals surface area (Å²) in [5.41, 5.74) is 3.42. The number of nitrogens with zero attached hydrogens (tertiary/aromatic N) is 1. The first-order valence-corrected chi connectivity index (χ1v) is 11.3. The van der Waals surface area contributed by atoms with Crippen LogP contribution >= 0.6 is 11.3 Å². The maximum atomic E-state index is 12.1. The predicted octanol–water partition coefficient (Wildman–Crippen LogP) is 5.47. The standard InChI is InChI=1S/C26H32N2OS/c1-5-28(17-8-6-7-15-26(2,3)4)18-16-27-25(29)13-12-22-10-9-11-23(20-22)24-14-19-30-21-24/h6,8-14,19-21H,5,16-18H2,1-4H3,(H,27,29)/b8-6+,13-12+. The number of allylic oxidation sites excluding steroid dienone is 1.